The van der Waals surface area contributed by atoms with E-state index >= 15 is 0 Å². The van der Waals surface area contributed by atoms with Gasteiger partial charge in [0.1, 0.15) is 6.10 Å². The molecule has 0 aliphatic carbocycles. The van der Waals surface area contributed by atoms with E-state index in [1.807, 2.05) is 6.92 Å². The number of aliphatic hydroxyl groups is 3. The minimum atomic E-state index is -0.954. The third kappa shape index (κ3) is 17.9. The first-order valence-corrected chi connectivity index (χ1v) is 3.36. The molecule has 0 heterocycles. The minimum absolute atomic E-state index is 0.365. The van der Waals surface area contributed by atoms with E-state index in [1.54, 1.807) is 0 Å². The van der Waals surface area contributed by atoms with Gasteiger partial charge in [0.25, 0.3) is 0 Å². The third-order valence-corrected chi connectivity index (χ3v) is 0.421. The van der Waals surface area contributed by atoms with Crippen molar-refractivity contribution >= 4 is 12.6 Å². The zero-order valence-corrected chi connectivity index (χ0v) is 6.38. The first-order valence-electron chi connectivity index (χ1n) is 2.73. The molecule has 58 valence electrons. The van der Waals surface area contributed by atoms with Crippen LogP contribution >= 0.6 is 12.6 Å². The van der Waals surface area contributed by atoms with Gasteiger partial charge in [0, 0.05) is 0 Å². The zero-order valence-electron chi connectivity index (χ0n) is 5.49. The highest BCUT2D eigenvalue weighted by molar-refractivity contribution is 7.80. The van der Waals surface area contributed by atoms with Gasteiger partial charge in [0.2, 0.25) is 0 Å². The summed E-state index contributed by atoms with van der Waals surface area (Å²) < 4.78 is 0. The second kappa shape index (κ2) is 11.1. The van der Waals surface area contributed by atoms with Crippen LogP contribution in [0.25, 0.3) is 0 Å². The summed E-state index contributed by atoms with van der Waals surface area (Å²) in [6.07, 6.45) is -0.954. The van der Waals surface area contributed by atoms with Gasteiger partial charge in [-0.05, 0) is 5.75 Å². The molecule has 0 spiro atoms. The van der Waals surface area contributed by atoms with Crippen LogP contribution in [-0.4, -0.2) is 40.4 Å². The molecule has 0 saturated heterocycles. The fraction of sp³-hybridized carbons (Fsp3) is 1.00. The van der Waals surface area contributed by atoms with Crippen LogP contribution in [0.1, 0.15) is 6.92 Å². The van der Waals surface area contributed by atoms with Gasteiger partial charge < -0.3 is 15.3 Å². The Labute approximate surface area is 60.7 Å². The summed E-state index contributed by atoms with van der Waals surface area (Å²) in [7, 11) is 0. The van der Waals surface area contributed by atoms with E-state index in [4.69, 9.17) is 15.3 Å². The van der Waals surface area contributed by atoms with E-state index in [2.05, 4.69) is 12.6 Å². The molecule has 9 heavy (non-hydrogen) atoms. The first kappa shape index (κ1) is 12.0. The van der Waals surface area contributed by atoms with Crippen molar-refractivity contribution in [3.63, 3.8) is 0 Å². The maximum absolute atomic E-state index is 8.17. The van der Waals surface area contributed by atoms with Gasteiger partial charge in [-0.25, -0.2) is 0 Å². The Morgan fingerprint density at radius 2 is 1.56 bits per heavy atom. The second-order valence-electron chi connectivity index (χ2n) is 1.34. The average molecular weight is 154 g/mol. The molecule has 0 fully saturated rings. The summed E-state index contributed by atoms with van der Waals surface area (Å²) in [6, 6.07) is 0. The standard InChI is InChI=1S/C3H8O3.C2H6S/c4-1-3(6)2-5;1-2-3/h3-6H,1-2H2;3H,2H2,1H3. The highest BCUT2D eigenvalue weighted by Gasteiger charge is 1.93. The lowest BCUT2D eigenvalue weighted by atomic mass is 10.4. The number of hydrogen-bond donors (Lipinski definition) is 4. The molecule has 0 aromatic carbocycles. The average Bonchev–Trinajstić information content (AvgIpc) is 1.88. The van der Waals surface area contributed by atoms with Gasteiger partial charge in [-0.2, -0.15) is 12.6 Å². The molecular weight excluding hydrogens is 140 g/mol. The van der Waals surface area contributed by atoms with E-state index in [0.29, 0.717) is 0 Å². The highest BCUT2D eigenvalue weighted by Crippen LogP contribution is 1.71. The fourth-order valence-corrected chi connectivity index (χ4v) is 0.0577. The SMILES string of the molecule is CCS.OCC(O)CO. The van der Waals surface area contributed by atoms with Crippen LogP contribution in [0.4, 0.5) is 0 Å². The van der Waals surface area contributed by atoms with Gasteiger partial charge in [0.05, 0.1) is 13.2 Å². The smallest absolute Gasteiger partial charge is 0.100 e. The lowest BCUT2D eigenvalue weighted by molar-refractivity contribution is 0.0450. The van der Waals surface area contributed by atoms with Gasteiger partial charge >= 0.3 is 0 Å². The van der Waals surface area contributed by atoms with E-state index in [-0.39, 0.29) is 13.2 Å². The van der Waals surface area contributed by atoms with Crippen LogP contribution in [0.2, 0.25) is 0 Å². The number of aliphatic hydroxyl groups excluding tert-OH is 3. The van der Waals surface area contributed by atoms with Crippen molar-refractivity contribution in [2.45, 2.75) is 13.0 Å². The molecule has 0 aliphatic rings. The van der Waals surface area contributed by atoms with E-state index in [1.165, 1.54) is 0 Å². The van der Waals surface area contributed by atoms with Crippen molar-refractivity contribution in [1.82, 2.24) is 0 Å². The molecule has 0 bridgehead atoms. The molecule has 0 rings (SSSR count). The highest BCUT2D eigenvalue weighted by atomic mass is 32.1. The van der Waals surface area contributed by atoms with Crippen LogP contribution in [0, 0.1) is 0 Å². The minimum Gasteiger partial charge on any atom is -0.394 e. The van der Waals surface area contributed by atoms with E-state index in [9.17, 15) is 0 Å². The summed E-state index contributed by atoms with van der Waals surface area (Å²) in [5.41, 5.74) is 0. The lowest BCUT2D eigenvalue weighted by Gasteiger charge is -1.96. The summed E-state index contributed by atoms with van der Waals surface area (Å²) in [5, 5.41) is 24.0. The van der Waals surface area contributed by atoms with Gasteiger partial charge in [-0.1, -0.05) is 6.92 Å². The molecule has 0 amide bonds. The predicted molar refractivity (Wildman–Crippen MR) is 39.7 cm³/mol. The Morgan fingerprint density at radius 1 is 1.33 bits per heavy atom. The molecule has 0 saturated carbocycles. The zero-order chi connectivity index (χ0) is 7.70. The van der Waals surface area contributed by atoms with Crippen LogP contribution in [0.15, 0.2) is 0 Å². The molecule has 3 nitrogen and oxygen atoms in total. The fourth-order valence-electron chi connectivity index (χ4n) is 0.0577. The van der Waals surface area contributed by atoms with Crippen molar-refractivity contribution in [1.29, 1.82) is 0 Å². The maximum Gasteiger partial charge on any atom is 0.100 e. The van der Waals surface area contributed by atoms with Crippen molar-refractivity contribution in [2.75, 3.05) is 19.0 Å². The molecule has 0 aromatic rings. The topological polar surface area (TPSA) is 60.7 Å². The maximum atomic E-state index is 8.17. The predicted octanol–water partition coefficient (Wildman–Crippen LogP) is -0.732. The molecule has 0 atom stereocenters. The first-order chi connectivity index (χ1) is 4.22. The quantitative estimate of drug-likeness (QED) is 0.397. The second-order valence-corrected chi connectivity index (χ2v) is 1.97. The summed E-state index contributed by atoms with van der Waals surface area (Å²) in [5.74, 6) is 0.944. The normalized spacial score (nSPS) is 8.67. The number of rotatable bonds is 2. The van der Waals surface area contributed by atoms with Crippen LogP contribution in [-0.2, 0) is 0 Å². The van der Waals surface area contributed by atoms with Crippen molar-refractivity contribution in [3.8, 4) is 0 Å². The molecule has 4 heteroatoms. The molecule has 0 aromatic heterocycles. The molecular formula is C5H14O3S. The van der Waals surface area contributed by atoms with Crippen LogP contribution < -0.4 is 0 Å². The Balaban J connectivity index is 0. The van der Waals surface area contributed by atoms with Gasteiger partial charge in [-0.3, -0.25) is 0 Å². The molecule has 0 unspecified atom stereocenters. The monoisotopic (exact) mass is 154 g/mol. The van der Waals surface area contributed by atoms with Crippen LogP contribution in [0.3, 0.4) is 0 Å². The van der Waals surface area contributed by atoms with Crippen molar-refractivity contribution < 1.29 is 15.3 Å². The Hall–Kier alpha value is 0.230. The Bertz CT molecular complexity index is 39.2. The van der Waals surface area contributed by atoms with Crippen molar-refractivity contribution in [2.24, 2.45) is 0 Å². The van der Waals surface area contributed by atoms with Crippen molar-refractivity contribution in [3.05, 3.63) is 0 Å². The summed E-state index contributed by atoms with van der Waals surface area (Å²) in [4.78, 5) is 0. The Kier molecular flexibility index (Phi) is 14.7. The number of hydrogen-bond acceptors (Lipinski definition) is 4. The molecule has 3 N–H and O–H groups in total. The Morgan fingerprint density at radius 3 is 1.56 bits per heavy atom. The largest absolute Gasteiger partial charge is 0.394 e. The van der Waals surface area contributed by atoms with E-state index < -0.39 is 6.10 Å². The molecule has 0 radical (unpaired) electrons. The van der Waals surface area contributed by atoms with Gasteiger partial charge in [0.15, 0.2) is 0 Å². The summed E-state index contributed by atoms with van der Waals surface area (Å²) >= 11 is 3.79. The van der Waals surface area contributed by atoms with E-state index in [0.717, 1.165) is 5.75 Å². The number of thiol groups is 1. The lowest BCUT2D eigenvalue weighted by Crippen LogP contribution is -2.15. The van der Waals surface area contributed by atoms with Crippen LogP contribution in [0.5, 0.6) is 0 Å². The third-order valence-electron chi connectivity index (χ3n) is 0.421. The summed E-state index contributed by atoms with van der Waals surface area (Å²) in [6.45, 7) is 1.26. The van der Waals surface area contributed by atoms with Gasteiger partial charge in [-0.15, -0.1) is 0 Å². The molecule has 0 aliphatic heterocycles.